The number of alkyl halides is 3. The van der Waals surface area contributed by atoms with E-state index in [9.17, 15) is 13.2 Å². The van der Waals surface area contributed by atoms with Crippen LogP contribution in [0.5, 0.6) is 5.75 Å². The van der Waals surface area contributed by atoms with E-state index >= 15 is 0 Å². The SMILES string of the molecule is COc1cc(C)c([C@@H](O)C(F)(F)F)cc1C. The normalized spacial score (nSPS) is 13.7. The number of rotatable bonds is 2. The Balaban J connectivity index is 3.21. The number of methoxy groups -OCH3 is 1. The van der Waals surface area contributed by atoms with Gasteiger partial charge in [0, 0.05) is 0 Å². The molecular formula is C11H13F3O2. The van der Waals surface area contributed by atoms with Crippen LogP contribution in [0.3, 0.4) is 0 Å². The molecule has 16 heavy (non-hydrogen) atoms. The first-order chi connectivity index (χ1) is 7.27. The average Bonchev–Trinajstić information content (AvgIpc) is 2.18. The molecule has 0 amide bonds. The molecule has 1 aromatic rings. The summed E-state index contributed by atoms with van der Waals surface area (Å²) < 4.78 is 42.0. The van der Waals surface area contributed by atoms with Gasteiger partial charge in [0.25, 0.3) is 0 Å². The smallest absolute Gasteiger partial charge is 0.418 e. The Morgan fingerprint density at radius 3 is 2.19 bits per heavy atom. The Labute approximate surface area is 91.7 Å². The van der Waals surface area contributed by atoms with Crippen LogP contribution >= 0.6 is 0 Å². The van der Waals surface area contributed by atoms with Crippen molar-refractivity contribution in [3.8, 4) is 5.75 Å². The van der Waals surface area contributed by atoms with Gasteiger partial charge in [-0.2, -0.15) is 13.2 Å². The van der Waals surface area contributed by atoms with E-state index in [-0.39, 0.29) is 5.56 Å². The zero-order chi connectivity index (χ0) is 12.5. The third-order valence-corrected chi connectivity index (χ3v) is 2.39. The fraction of sp³-hybridized carbons (Fsp3) is 0.455. The molecule has 2 nitrogen and oxygen atoms in total. The monoisotopic (exact) mass is 234 g/mol. The minimum absolute atomic E-state index is 0.134. The Kier molecular flexibility index (Phi) is 3.48. The predicted octanol–water partition coefficient (Wildman–Crippen LogP) is 2.91. The van der Waals surface area contributed by atoms with Crippen LogP contribution in [0.15, 0.2) is 12.1 Å². The van der Waals surface area contributed by atoms with Gasteiger partial charge in [-0.3, -0.25) is 0 Å². The summed E-state index contributed by atoms with van der Waals surface area (Å²) in [5.41, 5.74) is 0.782. The summed E-state index contributed by atoms with van der Waals surface area (Å²) in [7, 11) is 1.45. The molecule has 1 atom stereocenters. The number of hydrogen-bond donors (Lipinski definition) is 1. The molecule has 1 N–H and O–H groups in total. The molecule has 0 aliphatic heterocycles. The molecule has 1 aromatic carbocycles. The van der Waals surface area contributed by atoms with E-state index in [0.29, 0.717) is 16.9 Å². The minimum atomic E-state index is -4.65. The predicted molar refractivity (Wildman–Crippen MR) is 53.5 cm³/mol. The maximum atomic E-state index is 12.3. The topological polar surface area (TPSA) is 29.5 Å². The molecule has 5 heteroatoms. The van der Waals surface area contributed by atoms with Gasteiger partial charge in [-0.25, -0.2) is 0 Å². The van der Waals surface area contributed by atoms with Crippen molar-refractivity contribution in [3.63, 3.8) is 0 Å². The van der Waals surface area contributed by atoms with E-state index in [1.807, 2.05) is 0 Å². The molecule has 0 unspecified atom stereocenters. The van der Waals surface area contributed by atoms with Gasteiger partial charge in [0.2, 0.25) is 0 Å². The summed E-state index contributed by atoms with van der Waals surface area (Å²) in [5, 5.41) is 9.16. The van der Waals surface area contributed by atoms with Crippen LogP contribution in [0.2, 0.25) is 0 Å². The van der Waals surface area contributed by atoms with Crippen molar-refractivity contribution in [2.75, 3.05) is 7.11 Å². The highest BCUT2D eigenvalue weighted by atomic mass is 19.4. The molecule has 0 fully saturated rings. The average molecular weight is 234 g/mol. The van der Waals surface area contributed by atoms with E-state index in [1.165, 1.54) is 26.2 Å². The number of aliphatic hydroxyl groups excluding tert-OH is 1. The zero-order valence-corrected chi connectivity index (χ0v) is 9.22. The molecule has 1 rings (SSSR count). The maximum Gasteiger partial charge on any atom is 0.418 e. The van der Waals surface area contributed by atoms with Gasteiger partial charge < -0.3 is 9.84 Å². The third kappa shape index (κ3) is 2.47. The van der Waals surface area contributed by atoms with Gasteiger partial charge in [-0.15, -0.1) is 0 Å². The fourth-order valence-electron chi connectivity index (χ4n) is 1.50. The lowest BCUT2D eigenvalue weighted by atomic mass is 9.99. The first-order valence-electron chi connectivity index (χ1n) is 4.67. The Bertz CT molecular complexity index is 386. The first-order valence-corrected chi connectivity index (χ1v) is 4.67. The van der Waals surface area contributed by atoms with Crippen LogP contribution in [0, 0.1) is 13.8 Å². The van der Waals surface area contributed by atoms with Crippen LogP contribution < -0.4 is 4.74 Å². The van der Waals surface area contributed by atoms with Crippen molar-refractivity contribution in [1.82, 2.24) is 0 Å². The highest BCUT2D eigenvalue weighted by molar-refractivity contribution is 5.42. The van der Waals surface area contributed by atoms with Gasteiger partial charge in [-0.05, 0) is 42.7 Å². The van der Waals surface area contributed by atoms with Crippen LogP contribution in [0.25, 0.3) is 0 Å². The van der Waals surface area contributed by atoms with Crippen molar-refractivity contribution >= 4 is 0 Å². The summed E-state index contributed by atoms with van der Waals surface area (Å²) in [4.78, 5) is 0. The molecule has 90 valence electrons. The van der Waals surface area contributed by atoms with Crippen molar-refractivity contribution in [2.24, 2.45) is 0 Å². The minimum Gasteiger partial charge on any atom is -0.496 e. The quantitative estimate of drug-likeness (QED) is 0.852. The van der Waals surface area contributed by atoms with E-state index in [1.54, 1.807) is 6.92 Å². The molecular weight excluding hydrogens is 221 g/mol. The fourth-order valence-corrected chi connectivity index (χ4v) is 1.50. The Morgan fingerprint density at radius 1 is 1.19 bits per heavy atom. The summed E-state index contributed by atoms with van der Waals surface area (Å²) in [5.74, 6) is 0.510. The van der Waals surface area contributed by atoms with Crippen LogP contribution in [-0.2, 0) is 0 Å². The lowest BCUT2D eigenvalue weighted by molar-refractivity contribution is -0.207. The van der Waals surface area contributed by atoms with Crippen LogP contribution in [0.4, 0.5) is 13.2 Å². The molecule has 0 heterocycles. The summed E-state index contributed by atoms with van der Waals surface area (Å²) in [6, 6.07) is 2.78. The van der Waals surface area contributed by atoms with Gasteiger partial charge in [-0.1, -0.05) is 0 Å². The number of benzene rings is 1. The second-order valence-electron chi connectivity index (χ2n) is 3.62. The second-order valence-corrected chi connectivity index (χ2v) is 3.62. The van der Waals surface area contributed by atoms with Gasteiger partial charge in [0.05, 0.1) is 7.11 Å². The number of hydrogen-bond acceptors (Lipinski definition) is 2. The van der Waals surface area contributed by atoms with Gasteiger partial charge >= 0.3 is 6.18 Å². The zero-order valence-electron chi connectivity index (χ0n) is 9.22. The first kappa shape index (κ1) is 12.8. The van der Waals surface area contributed by atoms with Crippen molar-refractivity contribution in [3.05, 3.63) is 28.8 Å². The number of aryl methyl sites for hydroxylation is 2. The molecule has 0 aliphatic rings. The van der Waals surface area contributed by atoms with E-state index in [4.69, 9.17) is 9.84 Å². The highest BCUT2D eigenvalue weighted by Gasteiger charge is 2.40. The summed E-state index contributed by atoms with van der Waals surface area (Å²) >= 11 is 0. The second kappa shape index (κ2) is 4.33. The lowest BCUT2D eigenvalue weighted by Gasteiger charge is -2.18. The van der Waals surface area contributed by atoms with Crippen molar-refractivity contribution < 1.29 is 23.0 Å². The van der Waals surface area contributed by atoms with Crippen molar-refractivity contribution in [2.45, 2.75) is 26.1 Å². The molecule has 0 aromatic heterocycles. The van der Waals surface area contributed by atoms with Gasteiger partial charge in [0.15, 0.2) is 6.10 Å². The van der Waals surface area contributed by atoms with E-state index in [0.717, 1.165) is 0 Å². The molecule has 0 bridgehead atoms. The molecule has 0 spiro atoms. The number of aliphatic hydroxyl groups is 1. The van der Waals surface area contributed by atoms with Gasteiger partial charge in [0.1, 0.15) is 5.75 Å². The van der Waals surface area contributed by atoms with Crippen molar-refractivity contribution in [1.29, 1.82) is 0 Å². The highest BCUT2D eigenvalue weighted by Crippen LogP contribution is 2.36. The molecule has 0 saturated carbocycles. The maximum absolute atomic E-state index is 12.3. The Hall–Kier alpha value is -1.23. The standard InChI is InChI=1S/C11H13F3O2/c1-6-5-9(16-3)7(2)4-8(6)10(15)11(12,13)14/h4-5,10,15H,1-3H3/t10-/m1/s1. The number of ether oxygens (including phenoxy) is 1. The van der Waals surface area contributed by atoms with Crippen LogP contribution in [0.1, 0.15) is 22.8 Å². The van der Waals surface area contributed by atoms with Crippen LogP contribution in [-0.4, -0.2) is 18.4 Å². The Morgan fingerprint density at radius 2 is 1.75 bits per heavy atom. The summed E-state index contributed by atoms with van der Waals surface area (Å²) in [6.45, 7) is 3.14. The molecule has 0 radical (unpaired) electrons. The third-order valence-electron chi connectivity index (χ3n) is 2.39. The lowest BCUT2D eigenvalue weighted by Crippen LogP contribution is -2.21. The number of halogens is 3. The largest absolute Gasteiger partial charge is 0.496 e. The van der Waals surface area contributed by atoms with E-state index in [2.05, 4.69) is 0 Å². The molecule has 0 aliphatic carbocycles. The summed E-state index contributed by atoms with van der Waals surface area (Å²) in [6.07, 6.45) is -7.09. The van der Waals surface area contributed by atoms with E-state index < -0.39 is 12.3 Å². The molecule has 0 saturated heterocycles.